The normalized spacial score (nSPS) is 19.5. The Kier molecular flexibility index (Phi) is 6.85. The maximum Gasteiger partial charge on any atom is 0.224 e. The van der Waals surface area contributed by atoms with Gasteiger partial charge in [-0.1, -0.05) is 52.8 Å². The molecule has 2 unspecified atom stereocenters. The van der Waals surface area contributed by atoms with E-state index in [1.54, 1.807) is 0 Å². The standard InChI is InChI=1S/C21H34N2O/c1-14(2)18-9-6-10-19(15(3)4)21(18)23-20(24)12-16(5)17-8-7-11-22-13-17/h6,9-10,14-17,22H,7-8,11-13H2,1-5H3,(H,23,24). The molecule has 1 amide bonds. The number of carbonyl (C=O) groups is 1. The van der Waals surface area contributed by atoms with Crippen molar-refractivity contribution in [2.24, 2.45) is 11.8 Å². The number of anilines is 1. The van der Waals surface area contributed by atoms with E-state index in [4.69, 9.17) is 0 Å². The van der Waals surface area contributed by atoms with Crippen molar-refractivity contribution in [2.45, 2.75) is 65.7 Å². The Morgan fingerprint density at radius 3 is 2.29 bits per heavy atom. The maximum atomic E-state index is 12.7. The van der Waals surface area contributed by atoms with E-state index in [9.17, 15) is 4.79 Å². The van der Waals surface area contributed by atoms with E-state index < -0.39 is 0 Å². The number of nitrogens with one attached hydrogen (secondary N) is 2. The first kappa shape index (κ1) is 19.0. The Labute approximate surface area is 147 Å². The molecule has 0 aliphatic carbocycles. The summed E-state index contributed by atoms with van der Waals surface area (Å²) < 4.78 is 0. The lowest BCUT2D eigenvalue weighted by atomic mass is 9.85. The lowest BCUT2D eigenvalue weighted by Crippen LogP contribution is -2.34. The smallest absolute Gasteiger partial charge is 0.224 e. The molecule has 0 saturated carbocycles. The van der Waals surface area contributed by atoms with E-state index in [0.29, 0.717) is 30.1 Å². The van der Waals surface area contributed by atoms with E-state index in [1.165, 1.54) is 24.0 Å². The molecule has 1 aromatic carbocycles. The molecule has 0 spiro atoms. The van der Waals surface area contributed by atoms with Gasteiger partial charge in [0.05, 0.1) is 0 Å². The van der Waals surface area contributed by atoms with Crippen molar-refractivity contribution in [3.63, 3.8) is 0 Å². The zero-order chi connectivity index (χ0) is 17.7. The summed E-state index contributed by atoms with van der Waals surface area (Å²) in [5, 5.41) is 6.71. The molecule has 2 atom stereocenters. The third kappa shape index (κ3) is 4.83. The van der Waals surface area contributed by atoms with Gasteiger partial charge >= 0.3 is 0 Å². The molecule has 0 bridgehead atoms. The van der Waals surface area contributed by atoms with Gasteiger partial charge in [-0.15, -0.1) is 0 Å². The second kappa shape index (κ2) is 8.66. The molecular formula is C21H34N2O. The summed E-state index contributed by atoms with van der Waals surface area (Å²) in [4.78, 5) is 12.7. The summed E-state index contributed by atoms with van der Waals surface area (Å²) in [5.74, 6) is 2.00. The number of carbonyl (C=O) groups excluding carboxylic acids is 1. The van der Waals surface area contributed by atoms with E-state index in [2.05, 4.69) is 63.5 Å². The Balaban J connectivity index is 2.10. The van der Waals surface area contributed by atoms with Crippen molar-refractivity contribution in [2.75, 3.05) is 18.4 Å². The van der Waals surface area contributed by atoms with Crippen LogP contribution in [-0.2, 0) is 4.79 Å². The molecule has 1 fully saturated rings. The van der Waals surface area contributed by atoms with E-state index in [-0.39, 0.29) is 5.91 Å². The maximum absolute atomic E-state index is 12.7. The SMILES string of the molecule is CC(C)c1cccc(C(C)C)c1NC(=O)CC(C)C1CCCNC1. The van der Waals surface area contributed by atoms with Crippen molar-refractivity contribution in [1.82, 2.24) is 5.32 Å². The molecule has 0 radical (unpaired) electrons. The second-order valence-electron chi connectivity index (χ2n) is 7.96. The van der Waals surface area contributed by atoms with Gasteiger partial charge in [0, 0.05) is 12.1 Å². The molecule has 2 N–H and O–H groups in total. The molecule has 1 aliphatic rings. The number of benzene rings is 1. The first-order valence-corrected chi connectivity index (χ1v) is 9.53. The van der Waals surface area contributed by atoms with E-state index in [1.807, 2.05) is 0 Å². The summed E-state index contributed by atoms with van der Waals surface area (Å²) in [6.07, 6.45) is 3.07. The zero-order valence-corrected chi connectivity index (χ0v) is 16.0. The molecule has 24 heavy (non-hydrogen) atoms. The molecule has 3 heteroatoms. The fourth-order valence-corrected chi connectivity index (χ4v) is 3.71. The summed E-state index contributed by atoms with van der Waals surface area (Å²) >= 11 is 0. The van der Waals surface area contributed by atoms with Gasteiger partial charge in [-0.2, -0.15) is 0 Å². The third-order valence-electron chi connectivity index (χ3n) is 5.28. The summed E-state index contributed by atoms with van der Waals surface area (Å²) in [6.45, 7) is 13.1. The first-order valence-electron chi connectivity index (χ1n) is 9.53. The van der Waals surface area contributed by atoms with Gasteiger partial charge in [-0.05, 0) is 60.7 Å². The summed E-state index contributed by atoms with van der Waals surface area (Å²) in [7, 11) is 0. The highest BCUT2D eigenvalue weighted by molar-refractivity contribution is 5.92. The second-order valence-corrected chi connectivity index (χ2v) is 7.96. The van der Waals surface area contributed by atoms with Crippen LogP contribution in [0.4, 0.5) is 5.69 Å². The fourth-order valence-electron chi connectivity index (χ4n) is 3.71. The van der Waals surface area contributed by atoms with Crippen molar-refractivity contribution >= 4 is 11.6 Å². The molecule has 1 heterocycles. The van der Waals surface area contributed by atoms with Gasteiger partial charge < -0.3 is 10.6 Å². The average Bonchev–Trinajstić information content (AvgIpc) is 2.55. The van der Waals surface area contributed by atoms with Crippen LogP contribution in [-0.4, -0.2) is 19.0 Å². The predicted octanol–water partition coefficient (Wildman–Crippen LogP) is 4.90. The Hall–Kier alpha value is -1.35. The Morgan fingerprint density at radius 2 is 1.79 bits per heavy atom. The van der Waals surface area contributed by atoms with Crippen molar-refractivity contribution in [3.05, 3.63) is 29.3 Å². The third-order valence-corrected chi connectivity index (χ3v) is 5.28. The lowest BCUT2D eigenvalue weighted by Gasteiger charge is -2.28. The quantitative estimate of drug-likeness (QED) is 0.779. The van der Waals surface area contributed by atoms with Crippen LogP contribution in [0.25, 0.3) is 0 Å². The van der Waals surface area contributed by atoms with Crippen LogP contribution in [0.15, 0.2) is 18.2 Å². The highest BCUT2D eigenvalue weighted by Gasteiger charge is 2.23. The number of rotatable bonds is 6. The molecule has 2 rings (SSSR count). The largest absolute Gasteiger partial charge is 0.326 e. The predicted molar refractivity (Wildman–Crippen MR) is 103 cm³/mol. The Bertz CT molecular complexity index is 519. The number of para-hydroxylation sites is 1. The topological polar surface area (TPSA) is 41.1 Å². The fraction of sp³-hybridized carbons (Fsp3) is 0.667. The Morgan fingerprint density at radius 1 is 1.17 bits per heavy atom. The van der Waals surface area contributed by atoms with Crippen molar-refractivity contribution in [3.8, 4) is 0 Å². The van der Waals surface area contributed by atoms with Gasteiger partial charge in [0.1, 0.15) is 0 Å². The van der Waals surface area contributed by atoms with Crippen LogP contribution in [0, 0.1) is 11.8 Å². The van der Waals surface area contributed by atoms with Crippen LogP contribution >= 0.6 is 0 Å². The molecule has 1 saturated heterocycles. The highest BCUT2D eigenvalue weighted by Crippen LogP contribution is 2.33. The number of amides is 1. The minimum Gasteiger partial charge on any atom is -0.326 e. The van der Waals surface area contributed by atoms with Crippen molar-refractivity contribution < 1.29 is 4.79 Å². The number of piperidine rings is 1. The van der Waals surface area contributed by atoms with Gasteiger partial charge in [0.2, 0.25) is 5.91 Å². The molecular weight excluding hydrogens is 296 g/mol. The molecule has 0 aromatic heterocycles. The van der Waals surface area contributed by atoms with Crippen LogP contribution in [0.2, 0.25) is 0 Å². The average molecular weight is 331 g/mol. The van der Waals surface area contributed by atoms with Gasteiger partial charge in [-0.25, -0.2) is 0 Å². The minimum atomic E-state index is 0.156. The van der Waals surface area contributed by atoms with Crippen LogP contribution in [0.1, 0.15) is 76.8 Å². The number of hydrogen-bond donors (Lipinski definition) is 2. The van der Waals surface area contributed by atoms with Crippen LogP contribution in [0.3, 0.4) is 0 Å². The first-order chi connectivity index (χ1) is 11.4. The number of hydrogen-bond acceptors (Lipinski definition) is 2. The van der Waals surface area contributed by atoms with Gasteiger partial charge in [0.15, 0.2) is 0 Å². The van der Waals surface area contributed by atoms with Crippen LogP contribution in [0.5, 0.6) is 0 Å². The van der Waals surface area contributed by atoms with Crippen LogP contribution < -0.4 is 10.6 Å². The van der Waals surface area contributed by atoms with E-state index in [0.717, 1.165) is 18.8 Å². The molecule has 1 aliphatic heterocycles. The molecule has 1 aromatic rings. The monoisotopic (exact) mass is 330 g/mol. The van der Waals surface area contributed by atoms with Gasteiger partial charge in [0.25, 0.3) is 0 Å². The lowest BCUT2D eigenvalue weighted by molar-refractivity contribution is -0.117. The highest BCUT2D eigenvalue weighted by atomic mass is 16.1. The minimum absolute atomic E-state index is 0.156. The molecule has 3 nitrogen and oxygen atoms in total. The van der Waals surface area contributed by atoms with E-state index >= 15 is 0 Å². The van der Waals surface area contributed by atoms with Crippen molar-refractivity contribution in [1.29, 1.82) is 0 Å². The summed E-state index contributed by atoms with van der Waals surface area (Å²) in [6, 6.07) is 6.39. The zero-order valence-electron chi connectivity index (χ0n) is 16.0. The van der Waals surface area contributed by atoms with Gasteiger partial charge in [-0.3, -0.25) is 4.79 Å². The summed E-state index contributed by atoms with van der Waals surface area (Å²) in [5.41, 5.74) is 3.52. The molecule has 134 valence electrons.